The normalized spacial score (nSPS) is 20.6. The summed E-state index contributed by atoms with van der Waals surface area (Å²) in [5.74, 6) is 3.50. The molecule has 1 aromatic heterocycles. The molecule has 2 aliphatic carbocycles. The molecule has 1 spiro atoms. The van der Waals surface area contributed by atoms with Crippen molar-refractivity contribution in [1.29, 1.82) is 0 Å². The number of hydrogen-bond donors (Lipinski definition) is 2. The first-order valence-corrected chi connectivity index (χ1v) is 14.0. The molecule has 7 rings (SSSR count). The molecular formula is C30H34N6O2. The summed E-state index contributed by atoms with van der Waals surface area (Å²) in [6.45, 7) is 5.80. The Balaban J connectivity index is 0.905. The molecular weight excluding hydrogens is 476 g/mol. The highest BCUT2D eigenvalue weighted by atomic mass is 16.2. The lowest BCUT2D eigenvalue weighted by Gasteiger charge is -2.59. The van der Waals surface area contributed by atoms with Gasteiger partial charge in [0.15, 0.2) is 0 Å². The van der Waals surface area contributed by atoms with Crippen molar-refractivity contribution in [3.63, 3.8) is 0 Å². The second-order valence-corrected chi connectivity index (χ2v) is 11.7. The molecule has 2 N–H and O–H groups in total. The van der Waals surface area contributed by atoms with Gasteiger partial charge in [-0.25, -0.2) is 4.79 Å². The molecule has 0 atom stereocenters. The molecule has 38 heavy (non-hydrogen) atoms. The first kappa shape index (κ1) is 23.4. The molecule has 8 nitrogen and oxygen atoms in total. The Morgan fingerprint density at radius 2 is 1.61 bits per heavy atom. The van der Waals surface area contributed by atoms with Gasteiger partial charge in [0.2, 0.25) is 0 Å². The summed E-state index contributed by atoms with van der Waals surface area (Å²) in [6.07, 6.45) is 4.68. The molecule has 3 amide bonds. The van der Waals surface area contributed by atoms with Gasteiger partial charge in [0.1, 0.15) is 11.6 Å². The number of nitrogens with zero attached hydrogens (tertiary/aromatic N) is 4. The second kappa shape index (κ2) is 8.96. The fraction of sp³-hybridized carbons (Fsp3) is 0.467. The number of hydrogen-bond acceptors (Lipinski definition) is 4. The van der Waals surface area contributed by atoms with E-state index in [-0.39, 0.29) is 17.4 Å². The molecule has 4 aliphatic rings. The number of nitrogens with one attached hydrogen (secondary N) is 2. The maximum absolute atomic E-state index is 13.0. The molecule has 3 heterocycles. The minimum atomic E-state index is -0.0498. The Labute approximate surface area is 222 Å². The van der Waals surface area contributed by atoms with Crippen LogP contribution < -0.4 is 5.32 Å². The van der Waals surface area contributed by atoms with E-state index in [2.05, 4.69) is 44.8 Å². The number of carbonyl (C=O) groups excluding carboxylic acids is 2. The van der Waals surface area contributed by atoms with Crippen LogP contribution >= 0.6 is 0 Å². The largest absolute Gasteiger partial charge is 0.352 e. The van der Waals surface area contributed by atoms with Crippen molar-refractivity contribution < 1.29 is 9.59 Å². The van der Waals surface area contributed by atoms with Gasteiger partial charge in [0.05, 0.1) is 0 Å². The van der Waals surface area contributed by atoms with Crippen LogP contribution in [-0.2, 0) is 0 Å². The number of rotatable bonds is 6. The zero-order valence-corrected chi connectivity index (χ0v) is 21.8. The average molecular weight is 511 g/mol. The summed E-state index contributed by atoms with van der Waals surface area (Å²) in [5, 5.41) is 11.6. The minimum Gasteiger partial charge on any atom is -0.352 e. The molecule has 0 unspecified atom stereocenters. The monoisotopic (exact) mass is 510 g/mol. The topological polar surface area (TPSA) is 94.2 Å². The molecule has 4 fully saturated rings. The van der Waals surface area contributed by atoms with Gasteiger partial charge < -0.3 is 20.1 Å². The lowest BCUT2D eigenvalue weighted by Crippen LogP contribution is -2.67. The van der Waals surface area contributed by atoms with E-state index in [9.17, 15) is 9.59 Å². The summed E-state index contributed by atoms with van der Waals surface area (Å²) >= 11 is 0. The number of aromatic amines is 1. The fourth-order valence-corrected chi connectivity index (χ4v) is 6.52. The fourth-order valence-electron chi connectivity index (χ4n) is 6.52. The maximum Gasteiger partial charge on any atom is 0.320 e. The van der Waals surface area contributed by atoms with Crippen molar-refractivity contribution in [1.82, 2.24) is 30.3 Å². The van der Waals surface area contributed by atoms with Crippen LogP contribution in [0.15, 0.2) is 48.5 Å². The quantitative estimate of drug-likeness (QED) is 0.511. The van der Waals surface area contributed by atoms with Gasteiger partial charge in [-0.3, -0.25) is 4.79 Å². The molecule has 0 bridgehead atoms. The summed E-state index contributed by atoms with van der Waals surface area (Å²) in [7, 11) is 0. The van der Waals surface area contributed by atoms with Crippen LogP contribution in [0.1, 0.15) is 77.9 Å². The summed E-state index contributed by atoms with van der Waals surface area (Å²) < 4.78 is 0. The van der Waals surface area contributed by atoms with Gasteiger partial charge in [0, 0.05) is 61.5 Å². The summed E-state index contributed by atoms with van der Waals surface area (Å²) in [6, 6.07) is 16.4. The number of amides is 3. The Morgan fingerprint density at radius 3 is 2.29 bits per heavy atom. The highest BCUT2D eigenvalue weighted by Gasteiger charge is 2.56. The Bertz CT molecular complexity index is 1360. The van der Waals surface area contributed by atoms with E-state index >= 15 is 0 Å². The first-order chi connectivity index (χ1) is 18.5. The van der Waals surface area contributed by atoms with Crippen LogP contribution in [-0.4, -0.2) is 69.6 Å². The van der Waals surface area contributed by atoms with Gasteiger partial charge in [-0.05, 0) is 55.4 Å². The van der Waals surface area contributed by atoms with Crippen molar-refractivity contribution in [2.45, 2.75) is 50.4 Å². The molecule has 3 aromatic rings. The average Bonchev–Trinajstić information content (AvgIpc) is 3.59. The molecule has 8 heteroatoms. The lowest BCUT2D eigenvalue weighted by molar-refractivity contribution is -0.0601. The van der Waals surface area contributed by atoms with Gasteiger partial charge in [-0.2, -0.15) is 0 Å². The molecule has 0 radical (unpaired) electrons. The van der Waals surface area contributed by atoms with Crippen molar-refractivity contribution >= 4 is 11.9 Å². The van der Waals surface area contributed by atoms with Crippen LogP contribution in [0.4, 0.5) is 4.79 Å². The Kier molecular flexibility index (Phi) is 5.53. The van der Waals surface area contributed by atoms with Crippen molar-refractivity contribution in [2.24, 2.45) is 5.41 Å². The van der Waals surface area contributed by atoms with Gasteiger partial charge >= 0.3 is 6.03 Å². The number of carbonyl (C=O) groups is 2. The number of benzene rings is 2. The SMILES string of the molecule is CCNC(=O)c1ccccc1-c1ccc(C2CN(C(=O)N3CC4(CC(c5nnc(C6CC6)[nH]5)C4)C3)C2)cc1. The predicted molar refractivity (Wildman–Crippen MR) is 144 cm³/mol. The van der Waals surface area contributed by atoms with Gasteiger partial charge in [-0.15, -0.1) is 10.2 Å². The highest BCUT2D eigenvalue weighted by Crippen LogP contribution is 2.56. The number of H-pyrrole nitrogens is 1. The maximum atomic E-state index is 13.0. The zero-order chi connectivity index (χ0) is 25.9. The second-order valence-electron chi connectivity index (χ2n) is 11.7. The third kappa shape index (κ3) is 4.06. The number of likely N-dealkylation sites (tertiary alicyclic amines) is 2. The molecule has 2 aromatic carbocycles. The Morgan fingerprint density at radius 1 is 0.921 bits per heavy atom. The summed E-state index contributed by atoms with van der Waals surface area (Å²) in [5.41, 5.74) is 4.19. The van der Waals surface area contributed by atoms with Crippen LogP contribution in [0.25, 0.3) is 11.1 Å². The van der Waals surface area contributed by atoms with Crippen molar-refractivity contribution in [3.05, 3.63) is 71.3 Å². The molecule has 2 saturated carbocycles. The molecule has 2 aliphatic heterocycles. The van der Waals surface area contributed by atoms with E-state index in [0.29, 0.717) is 29.9 Å². The van der Waals surface area contributed by atoms with E-state index < -0.39 is 0 Å². The standard InChI is InChI=1S/C30H34N6O2/c1-2-31-28(37)25-6-4-3-5-24(25)20-9-7-19(8-10-20)23-15-35(16-23)29(38)36-17-30(18-36)13-22(14-30)27-32-26(33-34-27)21-11-12-21/h3-10,21-23H,2,11-18H2,1H3,(H,31,37)(H,32,33,34). The molecule has 2 saturated heterocycles. The Hall–Kier alpha value is -3.68. The van der Waals surface area contributed by atoms with E-state index in [1.165, 1.54) is 18.4 Å². The third-order valence-electron chi connectivity index (χ3n) is 8.91. The van der Waals surface area contributed by atoms with Crippen LogP contribution in [0.3, 0.4) is 0 Å². The van der Waals surface area contributed by atoms with E-state index in [1.54, 1.807) is 0 Å². The first-order valence-electron chi connectivity index (χ1n) is 14.0. The van der Waals surface area contributed by atoms with Crippen molar-refractivity contribution in [2.75, 3.05) is 32.7 Å². The minimum absolute atomic E-state index is 0.0498. The number of aromatic nitrogens is 3. The van der Waals surface area contributed by atoms with E-state index in [1.807, 2.05) is 41.0 Å². The van der Waals surface area contributed by atoms with E-state index in [0.717, 1.165) is 61.8 Å². The summed E-state index contributed by atoms with van der Waals surface area (Å²) in [4.78, 5) is 32.9. The molecule has 196 valence electrons. The van der Waals surface area contributed by atoms with Gasteiger partial charge in [0.25, 0.3) is 5.91 Å². The highest BCUT2D eigenvalue weighted by molar-refractivity contribution is 6.00. The third-order valence-corrected chi connectivity index (χ3v) is 8.91. The van der Waals surface area contributed by atoms with E-state index in [4.69, 9.17) is 0 Å². The lowest BCUT2D eigenvalue weighted by atomic mass is 9.57. The smallest absolute Gasteiger partial charge is 0.320 e. The van der Waals surface area contributed by atoms with Crippen LogP contribution in [0.2, 0.25) is 0 Å². The van der Waals surface area contributed by atoms with Crippen molar-refractivity contribution in [3.8, 4) is 11.1 Å². The zero-order valence-electron chi connectivity index (χ0n) is 21.8. The van der Waals surface area contributed by atoms with Crippen LogP contribution in [0.5, 0.6) is 0 Å². The van der Waals surface area contributed by atoms with Crippen LogP contribution in [0, 0.1) is 5.41 Å². The predicted octanol–water partition coefficient (Wildman–Crippen LogP) is 4.50. The number of urea groups is 1. The van der Waals surface area contributed by atoms with Gasteiger partial charge in [-0.1, -0.05) is 42.5 Å².